The summed E-state index contributed by atoms with van der Waals surface area (Å²) in [6, 6.07) is 11.4. The Morgan fingerprint density at radius 2 is 1.86 bits per heavy atom. The maximum absolute atomic E-state index is 12.8. The number of nitrogens with zero attached hydrogens (tertiary/aromatic N) is 1. The average Bonchev–Trinajstić information content (AvgIpc) is 3.11. The molecule has 0 bridgehead atoms. The van der Waals surface area contributed by atoms with E-state index in [4.69, 9.17) is 16.0 Å². The van der Waals surface area contributed by atoms with Crippen molar-refractivity contribution in [3.63, 3.8) is 0 Å². The van der Waals surface area contributed by atoms with Crippen molar-refractivity contribution in [2.24, 2.45) is 0 Å². The van der Waals surface area contributed by atoms with Crippen molar-refractivity contribution in [2.75, 3.05) is 0 Å². The Bertz CT molecular complexity index is 1050. The number of furan rings is 1. The van der Waals surface area contributed by atoms with E-state index >= 15 is 0 Å². The molecule has 1 aliphatic rings. The molecule has 144 valence electrons. The van der Waals surface area contributed by atoms with E-state index in [1.807, 2.05) is 6.07 Å². The molecule has 2 heterocycles. The third-order valence-corrected chi connectivity index (χ3v) is 5.42. The first-order valence-electron chi connectivity index (χ1n) is 9.22. The van der Waals surface area contributed by atoms with Gasteiger partial charge in [0.2, 0.25) is 0 Å². The van der Waals surface area contributed by atoms with Crippen molar-refractivity contribution in [2.45, 2.75) is 37.6 Å². The number of aromatic nitrogens is 1. The highest BCUT2D eigenvalue weighted by Gasteiger charge is 2.31. The second-order valence-electron chi connectivity index (χ2n) is 6.99. The number of rotatable bonds is 4. The van der Waals surface area contributed by atoms with Crippen LogP contribution in [0.2, 0.25) is 5.15 Å². The number of carbonyl (C=O) groups is 2. The van der Waals surface area contributed by atoms with Crippen molar-refractivity contribution >= 4 is 34.6 Å². The molecule has 1 fully saturated rings. The summed E-state index contributed by atoms with van der Waals surface area (Å²) >= 11 is 5.96. The summed E-state index contributed by atoms with van der Waals surface area (Å²) in [4.78, 5) is 28.5. The van der Waals surface area contributed by atoms with Gasteiger partial charge in [-0.05, 0) is 37.1 Å². The average molecular weight is 399 g/mol. The molecule has 1 saturated carbocycles. The van der Waals surface area contributed by atoms with Gasteiger partial charge in [0.1, 0.15) is 16.4 Å². The smallest absolute Gasteiger partial charge is 0.336 e. The molecule has 7 heteroatoms. The molecular formula is C21H19ClN2O4. The monoisotopic (exact) mass is 398 g/mol. The molecular weight excluding hydrogens is 380 g/mol. The molecule has 0 spiro atoms. The third kappa shape index (κ3) is 3.60. The molecule has 1 aromatic carbocycles. The number of carboxylic acid groups (broad SMARTS) is 1. The molecule has 0 saturated heterocycles. The van der Waals surface area contributed by atoms with Gasteiger partial charge in [-0.1, -0.05) is 36.6 Å². The summed E-state index contributed by atoms with van der Waals surface area (Å²) in [6.45, 7) is 0. The Morgan fingerprint density at radius 3 is 2.64 bits per heavy atom. The Morgan fingerprint density at radius 1 is 1.11 bits per heavy atom. The number of carbonyl (C=O) groups excluding carboxylic acids is 1. The van der Waals surface area contributed by atoms with Crippen LogP contribution in [0.5, 0.6) is 0 Å². The number of nitrogens with one attached hydrogen (secondary N) is 1. The summed E-state index contributed by atoms with van der Waals surface area (Å²) in [7, 11) is 0. The molecule has 4 rings (SSSR count). The molecule has 2 atom stereocenters. The van der Waals surface area contributed by atoms with E-state index < -0.39 is 5.97 Å². The normalized spacial score (nSPS) is 19.5. The van der Waals surface area contributed by atoms with Gasteiger partial charge in [0.05, 0.1) is 11.1 Å². The van der Waals surface area contributed by atoms with Gasteiger partial charge < -0.3 is 14.8 Å². The molecule has 0 aliphatic heterocycles. The van der Waals surface area contributed by atoms with Crippen LogP contribution < -0.4 is 5.32 Å². The van der Waals surface area contributed by atoms with Gasteiger partial charge in [-0.3, -0.25) is 4.79 Å². The maximum atomic E-state index is 12.8. The topological polar surface area (TPSA) is 92.4 Å². The Balaban J connectivity index is 1.60. The van der Waals surface area contributed by atoms with Crippen LogP contribution in [0.4, 0.5) is 0 Å². The summed E-state index contributed by atoms with van der Waals surface area (Å²) < 4.78 is 5.98. The minimum absolute atomic E-state index is 0.00247. The molecule has 2 aromatic heterocycles. The molecule has 0 unspecified atom stereocenters. The fraction of sp³-hybridized carbons (Fsp3) is 0.286. The molecule has 3 aromatic rings. The van der Waals surface area contributed by atoms with E-state index in [0.29, 0.717) is 16.3 Å². The van der Waals surface area contributed by atoms with Gasteiger partial charge in [0, 0.05) is 18.0 Å². The zero-order valence-corrected chi connectivity index (χ0v) is 15.8. The number of hydrogen-bond donors (Lipinski definition) is 2. The quantitative estimate of drug-likeness (QED) is 0.625. The maximum Gasteiger partial charge on any atom is 0.336 e. The Kier molecular flexibility index (Phi) is 5.05. The van der Waals surface area contributed by atoms with Gasteiger partial charge >= 0.3 is 5.97 Å². The lowest BCUT2D eigenvalue weighted by Crippen LogP contribution is -2.41. The van der Waals surface area contributed by atoms with Gasteiger partial charge in [-0.25, -0.2) is 9.78 Å². The number of benzene rings is 1. The number of fused-ring (bicyclic) bond motifs is 1. The fourth-order valence-electron chi connectivity index (χ4n) is 3.86. The lowest BCUT2D eigenvalue weighted by atomic mass is 9.82. The Labute approximate surface area is 166 Å². The van der Waals surface area contributed by atoms with E-state index in [2.05, 4.69) is 10.3 Å². The largest absolute Gasteiger partial charge is 0.478 e. The standard InChI is InChI=1S/C21H19ClN2O4/c22-19-10-9-17-16(23-19)11-18(28-17)14-7-3-4-8-15(14)24-20(25)12-5-1-2-6-13(12)21(26)27/h1-2,5-6,9-11,14-15H,3-4,7-8H2,(H,24,25)(H,26,27)/t14-,15+/m1/s1. The number of hydrogen-bond acceptors (Lipinski definition) is 4. The van der Waals surface area contributed by atoms with Crippen LogP contribution in [0, 0.1) is 0 Å². The first kappa shape index (κ1) is 18.5. The van der Waals surface area contributed by atoms with Crippen molar-refractivity contribution in [3.8, 4) is 0 Å². The molecule has 0 radical (unpaired) electrons. The molecule has 28 heavy (non-hydrogen) atoms. The van der Waals surface area contributed by atoms with E-state index in [1.165, 1.54) is 12.1 Å². The predicted molar refractivity (Wildman–Crippen MR) is 105 cm³/mol. The van der Waals surface area contributed by atoms with Crippen LogP contribution in [0.15, 0.2) is 46.9 Å². The first-order valence-corrected chi connectivity index (χ1v) is 9.60. The SMILES string of the molecule is O=C(O)c1ccccc1C(=O)N[C@H]1CCCC[C@H]1c1cc2nc(Cl)ccc2o1. The van der Waals surface area contributed by atoms with E-state index in [1.54, 1.807) is 24.3 Å². The molecule has 1 amide bonds. The highest BCUT2D eigenvalue weighted by Crippen LogP contribution is 2.36. The van der Waals surface area contributed by atoms with Gasteiger partial charge in [-0.2, -0.15) is 0 Å². The number of aromatic carboxylic acids is 1. The van der Waals surface area contributed by atoms with Crippen LogP contribution in [0.25, 0.3) is 11.1 Å². The van der Waals surface area contributed by atoms with Crippen molar-refractivity contribution in [1.82, 2.24) is 10.3 Å². The summed E-state index contributed by atoms with van der Waals surface area (Å²) in [5.41, 5.74) is 1.51. The first-order chi connectivity index (χ1) is 13.5. The van der Waals surface area contributed by atoms with E-state index in [-0.39, 0.29) is 29.0 Å². The number of amides is 1. The minimum Gasteiger partial charge on any atom is -0.478 e. The summed E-state index contributed by atoms with van der Waals surface area (Å²) in [6.07, 6.45) is 3.70. The number of halogens is 1. The van der Waals surface area contributed by atoms with Crippen LogP contribution in [-0.4, -0.2) is 28.0 Å². The molecule has 6 nitrogen and oxygen atoms in total. The minimum atomic E-state index is -1.12. The van der Waals surface area contributed by atoms with Crippen LogP contribution >= 0.6 is 11.6 Å². The van der Waals surface area contributed by atoms with Gasteiger partial charge in [0.15, 0.2) is 5.58 Å². The van der Waals surface area contributed by atoms with Gasteiger partial charge in [-0.15, -0.1) is 0 Å². The van der Waals surface area contributed by atoms with Crippen molar-refractivity contribution < 1.29 is 19.1 Å². The second kappa shape index (κ2) is 7.64. The van der Waals surface area contributed by atoms with Crippen LogP contribution in [0.1, 0.15) is 58.1 Å². The molecule has 1 aliphatic carbocycles. The van der Waals surface area contributed by atoms with Crippen LogP contribution in [-0.2, 0) is 0 Å². The van der Waals surface area contributed by atoms with E-state index in [0.717, 1.165) is 31.4 Å². The number of pyridine rings is 1. The van der Waals surface area contributed by atoms with E-state index in [9.17, 15) is 14.7 Å². The highest BCUT2D eigenvalue weighted by molar-refractivity contribution is 6.29. The zero-order valence-electron chi connectivity index (χ0n) is 15.0. The lowest BCUT2D eigenvalue weighted by Gasteiger charge is -2.31. The highest BCUT2D eigenvalue weighted by atomic mass is 35.5. The Hall–Kier alpha value is -2.86. The predicted octanol–water partition coefficient (Wildman–Crippen LogP) is 4.64. The lowest BCUT2D eigenvalue weighted by molar-refractivity contribution is 0.0690. The zero-order chi connectivity index (χ0) is 19.7. The summed E-state index contributed by atoms with van der Waals surface area (Å²) in [5.74, 6) is -0.734. The van der Waals surface area contributed by atoms with Gasteiger partial charge in [0.25, 0.3) is 5.91 Å². The van der Waals surface area contributed by atoms with Crippen LogP contribution in [0.3, 0.4) is 0 Å². The second-order valence-corrected chi connectivity index (χ2v) is 7.38. The fourth-order valence-corrected chi connectivity index (χ4v) is 4.01. The summed E-state index contributed by atoms with van der Waals surface area (Å²) in [5, 5.41) is 12.8. The third-order valence-electron chi connectivity index (χ3n) is 5.21. The van der Waals surface area contributed by atoms with Crippen molar-refractivity contribution in [3.05, 3.63) is 64.5 Å². The van der Waals surface area contributed by atoms with Crippen molar-refractivity contribution in [1.29, 1.82) is 0 Å². The molecule has 2 N–H and O–H groups in total. The number of carboxylic acids is 1.